The number of hydrogen-bond donors (Lipinski definition) is 1. The smallest absolute Gasteiger partial charge is 0.408 e. The molecule has 1 aliphatic rings. The fourth-order valence-corrected chi connectivity index (χ4v) is 3.40. The SMILES string of the molecule is CC(C)C(CCCCN(C(=O)O)[C@H]1C(=O)O[C@H]1C)c1ccccc1. The molecule has 2 rings (SSSR count). The molecule has 132 valence electrons. The number of esters is 1. The Labute approximate surface area is 143 Å². The van der Waals surface area contributed by atoms with E-state index in [9.17, 15) is 14.7 Å². The van der Waals surface area contributed by atoms with Crippen molar-refractivity contribution in [3.05, 3.63) is 35.9 Å². The highest BCUT2D eigenvalue weighted by atomic mass is 16.6. The van der Waals surface area contributed by atoms with Crippen LogP contribution < -0.4 is 0 Å². The summed E-state index contributed by atoms with van der Waals surface area (Å²) in [6.45, 7) is 6.53. The number of benzene rings is 1. The highest BCUT2D eigenvalue weighted by molar-refractivity contribution is 5.85. The zero-order chi connectivity index (χ0) is 17.7. The van der Waals surface area contributed by atoms with E-state index in [-0.39, 0.29) is 6.10 Å². The van der Waals surface area contributed by atoms with E-state index in [1.165, 1.54) is 10.5 Å². The normalized spacial score (nSPS) is 21.1. The topological polar surface area (TPSA) is 66.8 Å². The molecule has 0 aromatic heterocycles. The van der Waals surface area contributed by atoms with Crippen molar-refractivity contribution in [1.82, 2.24) is 4.90 Å². The molecular formula is C19H27NO4. The van der Waals surface area contributed by atoms with Crippen LogP contribution in [0, 0.1) is 5.92 Å². The van der Waals surface area contributed by atoms with Crippen molar-refractivity contribution in [2.45, 2.75) is 58.1 Å². The van der Waals surface area contributed by atoms with Crippen molar-refractivity contribution in [1.29, 1.82) is 0 Å². The van der Waals surface area contributed by atoms with E-state index in [0.29, 0.717) is 18.4 Å². The number of hydrogen-bond acceptors (Lipinski definition) is 3. The molecule has 1 unspecified atom stereocenters. The van der Waals surface area contributed by atoms with Crippen molar-refractivity contribution in [2.75, 3.05) is 6.54 Å². The predicted molar refractivity (Wildman–Crippen MR) is 91.9 cm³/mol. The minimum absolute atomic E-state index is 0.346. The molecule has 1 aliphatic heterocycles. The number of carbonyl (C=O) groups excluding carboxylic acids is 1. The second kappa shape index (κ2) is 8.18. The van der Waals surface area contributed by atoms with Gasteiger partial charge in [-0.15, -0.1) is 0 Å². The summed E-state index contributed by atoms with van der Waals surface area (Å²) in [6.07, 6.45) is 1.30. The summed E-state index contributed by atoms with van der Waals surface area (Å²) in [5.41, 5.74) is 1.33. The van der Waals surface area contributed by atoms with Gasteiger partial charge >= 0.3 is 12.1 Å². The van der Waals surface area contributed by atoms with Gasteiger partial charge in [0.2, 0.25) is 0 Å². The van der Waals surface area contributed by atoms with Gasteiger partial charge < -0.3 is 9.84 Å². The molecule has 1 aromatic carbocycles. The second-order valence-electron chi connectivity index (χ2n) is 6.82. The number of nitrogens with zero attached hydrogens (tertiary/aromatic N) is 1. The van der Waals surface area contributed by atoms with E-state index in [0.717, 1.165) is 19.3 Å². The van der Waals surface area contributed by atoms with E-state index in [4.69, 9.17) is 4.74 Å². The first kappa shape index (κ1) is 18.3. The maximum atomic E-state index is 11.5. The molecule has 0 spiro atoms. The standard InChI is InChI=1S/C19H27NO4/c1-13(2)16(15-9-5-4-6-10-15)11-7-8-12-20(19(22)23)17-14(3)24-18(17)21/h4-6,9-10,13-14,16-17H,7-8,11-12H2,1-3H3,(H,22,23)/t14-,16?,17+/m0/s1. The van der Waals surface area contributed by atoms with Crippen molar-refractivity contribution in [3.8, 4) is 0 Å². The second-order valence-corrected chi connectivity index (χ2v) is 6.82. The molecule has 1 aromatic rings. The van der Waals surface area contributed by atoms with Crippen LogP contribution in [0.2, 0.25) is 0 Å². The molecule has 5 heteroatoms. The number of ether oxygens (including phenoxy) is 1. The minimum Gasteiger partial charge on any atom is -0.465 e. The monoisotopic (exact) mass is 333 g/mol. The Kier molecular flexibility index (Phi) is 6.23. The Morgan fingerprint density at radius 3 is 2.42 bits per heavy atom. The lowest BCUT2D eigenvalue weighted by atomic mass is 9.84. The van der Waals surface area contributed by atoms with Crippen LogP contribution in [-0.4, -0.2) is 40.8 Å². The molecular weight excluding hydrogens is 306 g/mol. The van der Waals surface area contributed by atoms with Gasteiger partial charge in [0.15, 0.2) is 6.04 Å². The first-order valence-electron chi connectivity index (χ1n) is 8.66. The number of amides is 1. The van der Waals surface area contributed by atoms with Gasteiger partial charge in [0.25, 0.3) is 0 Å². The van der Waals surface area contributed by atoms with E-state index in [2.05, 4.69) is 38.1 Å². The molecule has 5 nitrogen and oxygen atoms in total. The van der Waals surface area contributed by atoms with Crippen LogP contribution in [0.25, 0.3) is 0 Å². The highest BCUT2D eigenvalue weighted by Crippen LogP contribution is 2.30. The summed E-state index contributed by atoms with van der Waals surface area (Å²) in [5, 5.41) is 9.34. The molecule has 0 saturated carbocycles. The number of rotatable bonds is 8. The van der Waals surface area contributed by atoms with Crippen LogP contribution in [0.15, 0.2) is 30.3 Å². The van der Waals surface area contributed by atoms with Gasteiger partial charge in [-0.2, -0.15) is 0 Å². The molecule has 3 atom stereocenters. The summed E-state index contributed by atoms with van der Waals surface area (Å²) in [6, 6.07) is 9.80. The van der Waals surface area contributed by atoms with Gasteiger partial charge in [-0.3, -0.25) is 4.90 Å². The zero-order valence-corrected chi connectivity index (χ0v) is 14.6. The Hall–Kier alpha value is -2.04. The van der Waals surface area contributed by atoms with Crippen molar-refractivity contribution < 1.29 is 19.4 Å². The van der Waals surface area contributed by atoms with Gasteiger partial charge in [0.1, 0.15) is 6.10 Å². The molecule has 0 aliphatic carbocycles. The Bertz CT molecular complexity index is 558. The lowest BCUT2D eigenvalue weighted by Gasteiger charge is -2.39. The molecule has 1 saturated heterocycles. The Morgan fingerprint density at radius 1 is 1.25 bits per heavy atom. The third kappa shape index (κ3) is 4.28. The van der Waals surface area contributed by atoms with Crippen molar-refractivity contribution in [2.24, 2.45) is 5.92 Å². The lowest BCUT2D eigenvalue weighted by Crippen LogP contribution is -2.60. The average molecular weight is 333 g/mol. The third-order valence-electron chi connectivity index (χ3n) is 4.77. The van der Waals surface area contributed by atoms with Crippen LogP contribution in [0.5, 0.6) is 0 Å². The fraction of sp³-hybridized carbons (Fsp3) is 0.579. The van der Waals surface area contributed by atoms with Gasteiger partial charge in [-0.1, -0.05) is 50.6 Å². The first-order chi connectivity index (χ1) is 11.4. The summed E-state index contributed by atoms with van der Waals surface area (Å²) in [4.78, 5) is 24.1. The van der Waals surface area contributed by atoms with E-state index in [1.807, 2.05) is 6.07 Å². The minimum atomic E-state index is -1.05. The first-order valence-corrected chi connectivity index (χ1v) is 8.66. The Balaban J connectivity index is 1.85. The molecule has 1 amide bonds. The summed E-state index contributed by atoms with van der Waals surface area (Å²) in [7, 11) is 0. The van der Waals surface area contributed by atoms with Crippen LogP contribution in [0.4, 0.5) is 4.79 Å². The Morgan fingerprint density at radius 2 is 1.92 bits per heavy atom. The van der Waals surface area contributed by atoms with E-state index < -0.39 is 18.1 Å². The van der Waals surface area contributed by atoms with Gasteiger partial charge in [0, 0.05) is 6.54 Å². The summed E-state index contributed by atoms with van der Waals surface area (Å²) in [5.74, 6) is 0.566. The lowest BCUT2D eigenvalue weighted by molar-refractivity contribution is -0.183. The number of unbranched alkanes of at least 4 members (excludes halogenated alkanes) is 1. The van der Waals surface area contributed by atoms with E-state index >= 15 is 0 Å². The molecule has 24 heavy (non-hydrogen) atoms. The number of carboxylic acid groups (broad SMARTS) is 1. The molecule has 0 radical (unpaired) electrons. The van der Waals surface area contributed by atoms with Gasteiger partial charge in [0.05, 0.1) is 0 Å². The largest absolute Gasteiger partial charge is 0.465 e. The number of carbonyl (C=O) groups is 2. The van der Waals surface area contributed by atoms with Crippen LogP contribution in [0.3, 0.4) is 0 Å². The van der Waals surface area contributed by atoms with Crippen molar-refractivity contribution >= 4 is 12.1 Å². The maximum absolute atomic E-state index is 11.5. The fourth-order valence-electron chi connectivity index (χ4n) is 3.40. The average Bonchev–Trinajstić information content (AvgIpc) is 2.53. The van der Waals surface area contributed by atoms with Gasteiger partial charge in [-0.05, 0) is 37.2 Å². The molecule has 1 N–H and O–H groups in total. The van der Waals surface area contributed by atoms with Crippen LogP contribution >= 0.6 is 0 Å². The quantitative estimate of drug-likeness (QED) is 0.579. The third-order valence-corrected chi connectivity index (χ3v) is 4.77. The van der Waals surface area contributed by atoms with Crippen LogP contribution in [-0.2, 0) is 9.53 Å². The van der Waals surface area contributed by atoms with Crippen molar-refractivity contribution in [3.63, 3.8) is 0 Å². The molecule has 1 fully saturated rings. The maximum Gasteiger partial charge on any atom is 0.408 e. The zero-order valence-electron chi connectivity index (χ0n) is 14.6. The van der Waals surface area contributed by atoms with E-state index in [1.54, 1.807) is 6.92 Å². The number of cyclic esters (lactones) is 1. The van der Waals surface area contributed by atoms with Gasteiger partial charge in [-0.25, -0.2) is 9.59 Å². The predicted octanol–water partition coefficient (Wildman–Crippen LogP) is 3.89. The molecule has 0 bridgehead atoms. The van der Waals surface area contributed by atoms with Crippen LogP contribution in [0.1, 0.15) is 51.5 Å². The summed E-state index contributed by atoms with van der Waals surface area (Å²) >= 11 is 0. The molecule has 1 heterocycles. The highest BCUT2D eigenvalue weighted by Gasteiger charge is 2.45. The summed E-state index contributed by atoms with van der Waals surface area (Å²) < 4.78 is 4.87.